The van der Waals surface area contributed by atoms with E-state index in [9.17, 15) is 25.2 Å². The predicted octanol–water partition coefficient (Wildman–Crippen LogP) is 8.86. The van der Waals surface area contributed by atoms with Crippen LogP contribution in [0.25, 0.3) is 0 Å². The van der Waals surface area contributed by atoms with Crippen LogP contribution in [-0.2, 0) is 23.7 Å². The molecule has 6 atom stereocenters. The molecule has 9 heteroatoms. The van der Waals surface area contributed by atoms with E-state index in [0.29, 0.717) is 13.0 Å². The third kappa shape index (κ3) is 26.4. The molecule has 9 nitrogen and oxygen atoms in total. The molecule has 0 amide bonds. The van der Waals surface area contributed by atoms with E-state index >= 15 is 0 Å². The van der Waals surface area contributed by atoms with Crippen LogP contribution in [0.15, 0.2) is 12.2 Å². The lowest BCUT2D eigenvalue weighted by molar-refractivity contribution is -0.305. The highest BCUT2D eigenvalue weighted by molar-refractivity contribution is 5.69. The van der Waals surface area contributed by atoms with Gasteiger partial charge in [-0.05, 0) is 38.5 Å². The van der Waals surface area contributed by atoms with Gasteiger partial charge in [0.1, 0.15) is 30.5 Å². The molecule has 0 aromatic heterocycles. The Balaban J connectivity index is 2.27. The summed E-state index contributed by atoms with van der Waals surface area (Å²) >= 11 is 0. The van der Waals surface area contributed by atoms with E-state index in [2.05, 4.69) is 26.0 Å². The SMILES string of the molecule is CCCCCCCCC/C=C\CCCCCCCCOCC(COC1OC(CO)C(O)C(O)C1O)OC(=O)CCCCCCCCCCCCC. The highest BCUT2D eigenvalue weighted by Crippen LogP contribution is 2.22. The van der Waals surface area contributed by atoms with Crippen LogP contribution in [-0.4, -0.2) is 89.6 Å². The van der Waals surface area contributed by atoms with E-state index in [4.69, 9.17) is 18.9 Å². The van der Waals surface area contributed by atoms with Crippen molar-refractivity contribution >= 4 is 5.97 Å². The molecule has 0 bridgehead atoms. The van der Waals surface area contributed by atoms with Gasteiger partial charge in [-0.15, -0.1) is 0 Å². The average molecular weight is 729 g/mol. The van der Waals surface area contributed by atoms with Crippen molar-refractivity contribution in [3.8, 4) is 0 Å². The Morgan fingerprint density at radius 2 is 1.08 bits per heavy atom. The average Bonchev–Trinajstić information content (AvgIpc) is 3.13. The Labute approximate surface area is 312 Å². The summed E-state index contributed by atoms with van der Waals surface area (Å²) in [6, 6.07) is 0. The molecule has 0 spiro atoms. The Morgan fingerprint density at radius 1 is 0.608 bits per heavy atom. The zero-order valence-electron chi connectivity index (χ0n) is 32.9. The number of esters is 1. The fourth-order valence-electron chi connectivity index (χ4n) is 6.54. The first-order chi connectivity index (χ1) is 24.9. The lowest BCUT2D eigenvalue weighted by Crippen LogP contribution is -2.59. The van der Waals surface area contributed by atoms with Crippen molar-refractivity contribution in [2.75, 3.05) is 26.4 Å². The summed E-state index contributed by atoms with van der Waals surface area (Å²) in [5.41, 5.74) is 0. The molecule has 0 saturated carbocycles. The summed E-state index contributed by atoms with van der Waals surface area (Å²) in [7, 11) is 0. The van der Waals surface area contributed by atoms with Crippen molar-refractivity contribution < 1.29 is 44.2 Å². The van der Waals surface area contributed by atoms with Gasteiger partial charge >= 0.3 is 5.97 Å². The van der Waals surface area contributed by atoms with Crippen LogP contribution >= 0.6 is 0 Å². The topological polar surface area (TPSA) is 135 Å². The first kappa shape index (κ1) is 48.0. The standard InChI is InChI=1S/C42H80O9/c1-3-5-7-9-11-13-15-16-17-18-19-20-22-24-26-28-30-32-48-34-36(35-49-42-41(47)40(46)39(45)37(33-43)51-42)50-38(44)31-29-27-25-23-21-14-12-10-8-6-4-2/h17-18,36-37,39-43,45-47H,3-16,19-35H2,1-2H3/b18-17-. The summed E-state index contributed by atoms with van der Waals surface area (Å²) in [5, 5.41) is 40.0. The van der Waals surface area contributed by atoms with Gasteiger partial charge in [-0.3, -0.25) is 4.79 Å². The number of aliphatic hydroxyl groups is 4. The van der Waals surface area contributed by atoms with Crippen molar-refractivity contribution in [1.82, 2.24) is 0 Å². The number of hydrogen-bond acceptors (Lipinski definition) is 9. The molecule has 6 unspecified atom stereocenters. The number of ether oxygens (including phenoxy) is 4. The second kappa shape index (κ2) is 34.7. The van der Waals surface area contributed by atoms with Gasteiger partial charge in [0.05, 0.1) is 19.8 Å². The molecule has 0 aliphatic carbocycles. The Hall–Kier alpha value is -1.07. The van der Waals surface area contributed by atoms with Crippen molar-refractivity contribution in [2.24, 2.45) is 0 Å². The molecule has 1 fully saturated rings. The van der Waals surface area contributed by atoms with Crippen LogP contribution in [0.1, 0.15) is 187 Å². The summed E-state index contributed by atoms with van der Waals surface area (Å²) < 4.78 is 22.7. The van der Waals surface area contributed by atoms with E-state index in [1.165, 1.54) is 135 Å². The summed E-state index contributed by atoms with van der Waals surface area (Å²) in [6.45, 7) is 4.55. The fourth-order valence-corrected chi connectivity index (χ4v) is 6.54. The van der Waals surface area contributed by atoms with Crippen LogP contribution in [0, 0.1) is 0 Å². The minimum Gasteiger partial charge on any atom is -0.457 e. The molecule has 1 aliphatic heterocycles. The smallest absolute Gasteiger partial charge is 0.306 e. The normalized spacial score (nSPS) is 21.4. The Bertz CT molecular complexity index is 792. The van der Waals surface area contributed by atoms with Crippen molar-refractivity contribution in [2.45, 2.75) is 224 Å². The minimum absolute atomic E-state index is 0.111. The minimum atomic E-state index is -1.53. The highest BCUT2D eigenvalue weighted by Gasteiger charge is 2.44. The number of rotatable bonds is 36. The van der Waals surface area contributed by atoms with Gasteiger partial charge in [-0.1, -0.05) is 154 Å². The van der Waals surface area contributed by atoms with E-state index in [-0.39, 0.29) is 19.2 Å². The molecule has 1 heterocycles. The number of carbonyl (C=O) groups excluding carboxylic acids is 1. The maximum Gasteiger partial charge on any atom is 0.306 e. The number of aliphatic hydroxyl groups excluding tert-OH is 4. The van der Waals surface area contributed by atoms with Gasteiger partial charge in [0, 0.05) is 13.0 Å². The van der Waals surface area contributed by atoms with E-state index in [1.54, 1.807) is 0 Å². The van der Waals surface area contributed by atoms with Gasteiger partial charge in [-0.2, -0.15) is 0 Å². The number of allylic oxidation sites excluding steroid dienone is 2. The molecule has 1 saturated heterocycles. The molecular formula is C42H80O9. The summed E-state index contributed by atoms with van der Waals surface area (Å²) in [6.07, 6.45) is 29.5. The van der Waals surface area contributed by atoms with Gasteiger partial charge in [0.15, 0.2) is 6.29 Å². The maximum atomic E-state index is 12.7. The third-order valence-electron chi connectivity index (χ3n) is 9.93. The second-order valence-corrected chi connectivity index (χ2v) is 14.8. The zero-order valence-corrected chi connectivity index (χ0v) is 32.9. The van der Waals surface area contributed by atoms with Crippen molar-refractivity contribution in [3.63, 3.8) is 0 Å². The van der Waals surface area contributed by atoms with Crippen molar-refractivity contribution in [3.05, 3.63) is 12.2 Å². The van der Waals surface area contributed by atoms with Gasteiger partial charge < -0.3 is 39.4 Å². The number of unbranched alkanes of at least 4 members (excludes halogenated alkanes) is 23. The van der Waals surface area contributed by atoms with Gasteiger partial charge in [0.25, 0.3) is 0 Å². The lowest BCUT2D eigenvalue weighted by atomic mass is 9.99. The van der Waals surface area contributed by atoms with E-state index < -0.39 is 43.4 Å². The number of carbonyl (C=O) groups is 1. The molecule has 302 valence electrons. The maximum absolute atomic E-state index is 12.7. The third-order valence-corrected chi connectivity index (χ3v) is 9.93. The fraction of sp³-hybridized carbons (Fsp3) is 0.929. The molecular weight excluding hydrogens is 648 g/mol. The molecule has 4 N–H and O–H groups in total. The summed E-state index contributed by atoms with van der Waals surface area (Å²) in [4.78, 5) is 12.7. The second-order valence-electron chi connectivity index (χ2n) is 14.8. The monoisotopic (exact) mass is 729 g/mol. The highest BCUT2D eigenvalue weighted by atomic mass is 16.7. The molecule has 0 radical (unpaired) electrons. The molecule has 51 heavy (non-hydrogen) atoms. The Kier molecular flexibility index (Phi) is 32.6. The van der Waals surface area contributed by atoms with Gasteiger partial charge in [0.2, 0.25) is 0 Å². The predicted molar refractivity (Wildman–Crippen MR) is 206 cm³/mol. The summed E-state index contributed by atoms with van der Waals surface area (Å²) in [5.74, 6) is -0.315. The van der Waals surface area contributed by atoms with Crippen molar-refractivity contribution in [1.29, 1.82) is 0 Å². The Morgan fingerprint density at radius 3 is 1.59 bits per heavy atom. The van der Waals surface area contributed by atoms with E-state index in [0.717, 1.165) is 32.1 Å². The van der Waals surface area contributed by atoms with Crippen LogP contribution in [0.4, 0.5) is 0 Å². The largest absolute Gasteiger partial charge is 0.457 e. The molecule has 0 aromatic carbocycles. The lowest BCUT2D eigenvalue weighted by Gasteiger charge is -2.39. The molecule has 0 aromatic rings. The van der Waals surface area contributed by atoms with Crippen LogP contribution < -0.4 is 0 Å². The first-order valence-corrected chi connectivity index (χ1v) is 21.3. The molecule has 1 aliphatic rings. The quantitative estimate of drug-likeness (QED) is 0.0284. The van der Waals surface area contributed by atoms with Crippen LogP contribution in [0.2, 0.25) is 0 Å². The van der Waals surface area contributed by atoms with Crippen LogP contribution in [0.3, 0.4) is 0 Å². The van der Waals surface area contributed by atoms with Gasteiger partial charge in [-0.25, -0.2) is 0 Å². The first-order valence-electron chi connectivity index (χ1n) is 21.3. The van der Waals surface area contributed by atoms with E-state index in [1.807, 2.05) is 0 Å². The zero-order chi connectivity index (χ0) is 37.2. The molecule has 1 rings (SSSR count). The van der Waals surface area contributed by atoms with Crippen LogP contribution in [0.5, 0.6) is 0 Å². The number of hydrogen-bond donors (Lipinski definition) is 4.